The highest BCUT2D eigenvalue weighted by atomic mass is 16.2. The van der Waals surface area contributed by atoms with E-state index in [4.69, 9.17) is 0 Å². The molecule has 0 unspecified atom stereocenters. The number of carbonyl (C=O) groups is 1. The van der Waals surface area contributed by atoms with Crippen molar-refractivity contribution in [2.45, 2.75) is 65.1 Å². The van der Waals surface area contributed by atoms with E-state index in [-0.39, 0.29) is 11.9 Å². The lowest BCUT2D eigenvalue weighted by molar-refractivity contribution is -0.135. The molecule has 0 saturated carbocycles. The van der Waals surface area contributed by atoms with Crippen LogP contribution < -0.4 is 5.32 Å². The zero-order valence-electron chi connectivity index (χ0n) is 12.8. The van der Waals surface area contributed by atoms with E-state index in [0.717, 1.165) is 38.0 Å². The van der Waals surface area contributed by atoms with Gasteiger partial charge in [-0.15, -0.1) is 0 Å². The van der Waals surface area contributed by atoms with Crippen molar-refractivity contribution < 1.29 is 4.79 Å². The smallest absolute Gasteiger partial charge is 0.245 e. The number of nitrogens with zero attached hydrogens (tertiary/aromatic N) is 3. The molecule has 1 aromatic heterocycles. The topological polar surface area (TPSA) is 50.2 Å². The maximum atomic E-state index is 12.6. The Bertz CT molecular complexity index is 443. The van der Waals surface area contributed by atoms with Gasteiger partial charge < -0.3 is 10.2 Å². The van der Waals surface area contributed by atoms with Crippen molar-refractivity contribution in [1.29, 1.82) is 0 Å². The predicted molar refractivity (Wildman–Crippen MR) is 80.6 cm³/mol. The lowest BCUT2D eigenvalue weighted by Gasteiger charge is -2.37. The Morgan fingerprint density at radius 1 is 1.50 bits per heavy atom. The van der Waals surface area contributed by atoms with Crippen LogP contribution in [0.3, 0.4) is 0 Å². The second-order valence-electron chi connectivity index (χ2n) is 5.54. The Hall–Kier alpha value is -1.52. The summed E-state index contributed by atoms with van der Waals surface area (Å²) >= 11 is 0. The number of aryl methyl sites for hydroxylation is 1. The number of rotatable bonds is 5. The van der Waals surface area contributed by atoms with Crippen LogP contribution >= 0.6 is 0 Å². The van der Waals surface area contributed by atoms with Gasteiger partial charge in [-0.3, -0.25) is 9.48 Å². The molecule has 5 heteroatoms. The van der Waals surface area contributed by atoms with Crippen LogP contribution in [0.5, 0.6) is 0 Å². The normalized spacial score (nSPS) is 20.8. The second kappa shape index (κ2) is 6.77. The summed E-state index contributed by atoms with van der Waals surface area (Å²) in [5.41, 5.74) is 0.915. The Morgan fingerprint density at radius 3 is 2.95 bits per heavy atom. The third kappa shape index (κ3) is 3.32. The summed E-state index contributed by atoms with van der Waals surface area (Å²) < 4.78 is 1.86. The lowest BCUT2D eigenvalue weighted by Crippen LogP contribution is -2.49. The van der Waals surface area contributed by atoms with E-state index in [1.54, 1.807) is 6.20 Å². The van der Waals surface area contributed by atoms with Crippen molar-refractivity contribution in [3.63, 3.8) is 0 Å². The molecule has 0 spiro atoms. The highest BCUT2D eigenvalue weighted by molar-refractivity contribution is 5.84. The first-order valence-corrected chi connectivity index (χ1v) is 7.75. The molecule has 1 fully saturated rings. The molecule has 2 atom stereocenters. The number of nitrogens with one attached hydrogen (secondary N) is 1. The van der Waals surface area contributed by atoms with E-state index in [0.29, 0.717) is 6.04 Å². The molecule has 1 aliphatic heterocycles. The molecule has 0 radical (unpaired) electrons. The molecule has 2 heterocycles. The van der Waals surface area contributed by atoms with Gasteiger partial charge in [0, 0.05) is 25.3 Å². The van der Waals surface area contributed by atoms with Crippen LogP contribution in [0.25, 0.3) is 0 Å². The number of anilines is 1. The molecule has 1 amide bonds. The summed E-state index contributed by atoms with van der Waals surface area (Å²) in [5, 5.41) is 7.48. The maximum absolute atomic E-state index is 12.6. The van der Waals surface area contributed by atoms with Crippen molar-refractivity contribution in [3.05, 3.63) is 12.4 Å². The molecule has 0 bridgehead atoms. The molecule has 0 aromatic carbocycles. The first-order chi connectivity index (χ1) is 9.65. The lowest BCUT2D eigenvalue weighted by atomic mass is 9.99. The molecular weight excluding hydrogens is 252 g/mol. The van der Waals surface area contributed by atoms with E-state index < -0.39 is 0 Å². The van der Waals surface area contributed by atoms with Gasteiger partial charge in [-0.25, -0.2) is 0 Å². The zero-order valence-corrected chi connectivity index (χ0v) is 12.8. The summed E-state index contributed by atoms with van der Waals surface area (Å²) in [6.07, 6.45) is 8.28. The van der Waals surface area contributed by atoms with Gasteiger partial charge in [0.15, 0.2) is 0 Å². The molecule has 20 heavy (non-hydrogen) atoms. The van der Waals surface area contributed by atoms with Crippen LogP contribution in [0, 0.1) is 0 Å². The number of hydrogen-bond acceptors (Lipinski definition) is 3. The van der Waals surface area contributed by atoms with Crippen LogP contribution in [-0.4, -0.2) is 39.2 Å². The van der Waals surface area contributed by atoms with Crippen LogP contribution in [-0.2, 0) is 11.3 Å². The van der Waals surface area contributed by atoms with E-state index in [1.807, 2.05) is 24.7 Å². The average molecular weight is 278 g/mol. The van der Waals surface area contributed by atoms with Gasteiger partial charge in [-0.1, -0.05) is 6.92 Å². The molecule has 1 saturated heterocycles. The van der Waals surface area contributed by atoms with E-state index in [9.17, 15) is 4.79 Å². The first kappa shape index (κ1) is 14.9. The number of piperidine rings is 1. The number of carbonyl (C=O) groups excluding carboxylic acids is 1. The Labute approximate surface area is 121 Å². The van der Waals surface area contributed by atoms with Gasteiger partial charge in [0.2, 0.25) is 5.91 Å². The van der Waals surface area contributed by atoms with E-state index in [1.165, 1.54) is 6.42 Å². The fraction of sp³-hybridized carbons (Fsp3) is 0.733. The third-order valence-electron chi connectivity index (χ3n) is 4.09. The highest BCUT2D eigenvalue weighted by Crippen LogP contribution is 2.21. The fourth-order valence-electron chi connectivity index (χ4n) is 2.89. The van der Waals surface area contributed by atoms with Crippen molar-refractivity contribution in [2.24, 2.45) is 0 Å². The summed E-state index contributed by atoms with van der Waals surface area (Å²) in [6, 6.07) is 0.218. The van der Waals surface area contributed by atoms with Gasteiger partial charge in [0.05, 0.1) is 11.9 Å². The third-order valence-corrected chi connectivity index (χ3v) is 4.09. The monoisotopic (exact) mass is 278 g/mol. The van der Waals surface area contributed by atoms with E-state index >= 15 is 0 Å². The van der Waals surface area contributed by atoms with Crippen LogP contribution in [0.15, 0.2) is 12.4 Å². The molecule has 2 rings (SSSR count). The molecule has 1 aliphatic rings. The van der Waals surface area contributed by atoms with Gasteiger partial charge in [0.1, 0.15) is 6.04 Å². The van der Waals surface area contributed by atoms with Gasteiger partial charge in [-0.05, 0) is 39.5 Å². The molecule has 0 aliphatic carbocycles. The Morgan fingerprint density at radius 2 is 2.30 bits per heavy atom. The summed E-state index contributed by atoms with van der Waals surface area (Å²) in [4.78, 5) is 14.6. The molecule has 1 aromatic rings. The minimum atomic E-state index is -0.198. The standard InChI is InChI=1S/C15H26N4O/c1-4-14-8-6-7-9-19(14)15(20)12(3)17-13-10-16-18(5-2)11-13/h10-12,14,17H,4-9H2,1-3H3/t12-,14-/m0/s1. The molecule has 112 valence electrons. The van der Waals surface area contributed by atoms with Crippen molar-refractivity contribution in [2.75, 3.05) is 11.9 Å². The first-order valence-electron chi connectivity index (χ1n) is 7.75. The predicted octanol–water partition coefficient (Wildman–Crippen LogP) is 2.49. The highest BCUT2D eigenvalue weighted by Gasteiger charge is 2.28. The summed E-state index contributed by atoms with van der Waals surface area (Å²) in [6.45, 7) is 7.89. The van der Waals surface area contributed by atoms with Crippen LogP contribution in [0.2, 0.25) is 0 Å². The Balaban J connectivity index is 1.96. The molecule has 1 N–H and O–H groups in total. The SMILES string of the molecule is CC[C@H]1CCCCN1C(=O)[C@H](C)Nc1cnn(CC)c1. The number of likely N-dealkylation sites (tertiary alicyclic amines) is 1. The molecular formula is C15H26N4O. The fourth-order valence-corrected chi connectivity index (χ4v) is 2.89. The van der Waals surface area contributed by atoms with Gasteiger partial charge in [0.25, 0.3) is 0 Å². The minimum Gasteiger partial charge on any atom is -0.371 e. The number of amides is 1. The quantitative estimate of drug-likeness (QED) is 0.900. The van der Waals surface area contributed by atoms with Crippen molar-refractivity contribution in [3.8, 4) is 0 Å². The van der Waals surface area contributed by atoms with Gasteiger partial charge in [-0.2, -0.15) is 5.10 Å². The largest absolute Gasteiger partial charge is 0.371 e. The van der Waals surface area contributed by atoms with Crippen molar-refractivity contribution >= 4 is 11.6 Å². The average Bonchev–Trinajstić information content (AvgIpc) is 2.94. The van der Waals surface area contributed by atoms with Crippen LogP contribution in [0.4, 0.5) is 5.69 Å². The van der Waals surface area contributed by atoms with Crippen molar-refractivity contribution in [1.82, 2.24) is 14.7 Å². The minimum absolute atomic E-state index is 0.198. The summed E-state index contributed by atoms with van der Waals surface area (Å²) in [5.74, 6) is 0.209. The number of hydrogen-bond donors (Lipinski definition) is 1. The molecule has 5 nitrogen and oxygen atoms in total. The van der Waals surface area contributed by atoms with Crippen LogP contribution in [0.1, 0.15) is 46.5 Å². The maximum Gasteiger partial charge on any atom is 0.245 e. The number of aromatic nitrogens is 2. The van der Waals surface area contributed by atoms with Gasteiger partial charge >= 0.3 is 0 Å². The second-order valence-corrected chi connectivity index (χ2v) is 5.54. The zero-order chi connectivity index (χ0) is 14.5. The summed E-state index contributed by atoms with van der Waals surface area (Å²) in [7, 11) is 0. The Kier molecular flexibility index (Phi) is 5.04. The van der Waals surface area contributed by atoms with E-state index in [2.05, 4.69) is 22.2 Å².